The second kappa shape index (κ2) is 4.48. The average Bonchev–Trinajstić information content (AvgIpc) is 2.39. The van der Waals surface area contributed by atoms with Crippen molar-refractivity contribution in [2.45, 2.75) is 51.4 Å². The maximum Gasteiger partial charge on any atom is 0.0911 e. The van der Waals surface area contributed by atoms with Crippen LogP contribution in [-0.4, -0.2) is 33.1 Å². The van der Waals surface area contributed by atoms with Gasteiger partial charge in [-0.1, -0.05) is 23.8 Å². The summed E-state index contributed by atoms with van der Waals surface area (Å²) < 4.78 is 0. The standard InChI is InChI=1S/C15H24O3/c1-8(2)10-6-12-11(9(3)5-13(10)16)7-14(17)15(12,4)18/h5,10-14,16-18H,1,6-7H2,2-4H3/t10-,11-,12-,13+,14+,15+/m1/s1. The van der Waals surface area contributed by atoms with E-state index in [1.54, 1.807) is 6.92 Å². The van der Waals surface area contributed by atoms with Crippen LogP contribution in [0.15, 0.2) is 23.8 Å². The molecule has 0 unspecified atom stereocenters. The van der Waals surface area contributed by atoms with Gasteiger partial charge in [0, 0.05) is 5.92 Å². The monoisotopic (exact) mass is 252 g/mol. The molecule has 6 atom stereocenters. The lowest BCUT2D eigenvalue weighted by Gasteiger charge is -2.33. The molecule has 0 aliphatic heterocycles. The third kappa shape index (κ3) is 2.04. The SMILES string of the molecule is C=C(C)[C@H]1C[C@@H]2[C@H](C[C@H](O)[C@@]2(C)O)C(C)=C[C@@H]1O. The maximum atomic E-state index is 10.5. The molecule has 3 heteroatoms. The molecule has 0 aromatic carbocycles. The molecule has 0 aromatic heterocycles. The zero-order chi connectivity index (χ0) is 13.7. The Morgan fingerprint density at radius 1 is 1.39 bits per heavy atom. The largest absolute Gasteiger partial charge is 0.390 e. The van der Waals surface area contributed by atoms with Gasteiger partial charge < -0.3 is 15.3 Å². The number of aliphatic hydroxyl groups is 3. The first-order valence-corrected chi connectivity index (χ1v) is 6.67. The van der Waals surface area contributed by atoms with Crippen molar-refractivity contribution in [3.05, 3.63) is 23.8 Å². The lowest BCUT2D eigenvalue weighted by molar-refractivity contribution is -0.0738. The Bertz CT molecular complexity index is 383. The Labute approximate surface area is 109 Å². The highest BCUT2D eigenvalue weighted by atomic mass is 16.3. The van der Waals surface area contributed by atoms with Crippen LogP contribution in [0.3, 0.4) is 0 Å². The van der Waals surface area contributed by atoms with Crippen LogP contribution in [0.4, 0.5) is 0 Å². The number of aliphatic hydroxyl groups excluding tert-OH is 2. The lowest BCUT2D eigenvalue weighted by Crippen LogP contribution is -2.41. The van der Waals surface area contributed by atoms with Crippen LogP contribution in [-0.2, 0) is 0 Å². The average molecular weight is 252 g/mol. The van der Waals surface area contributed by atoms with Gasteiger partial charge in [0.05, 0.1) is 17.8 Å². The molecule has 0 bridgehead atoms. The summed E-state index contributed by atoms with van der Waals surface area (Å²) in [6, 6.07) is 0. The zero-order valence-corrected chi connectivity index (χ0v) is 11.4. The predicted molar refractivity (Wildman–Crippen MR) is 70.9 cm³/mol. The highest BCUT2D eigenvalue weighted by Gasteiger charge is 2.52. The molecule has 1 saturated carbocycles. The van der Waals surface area contributed by atoms with Crippen molar-refractivity contribution >= 4 is 0 Å². The first kappa shape index (κ1) is 13.8. The molecule has 2 aliphatic carbocycles. The second-order valence-corrected chi connectivity index (χ2v) is 6.28. The highest BCUT2D eigenvalue weighted by molar-refractivity contribution is 5.22. The van der Waals surface area contributed by atoms with E-state index < -0.39 is 17.8 Å². The van der Waals surface area contributed by atoms with Crippen LogP contribution in [0.5, 0.6) is 0 Å². The molecule has 2 aliphatic rings. The van der Waals surface area contributed by atoms with E-state index >= 15 is 0 Å². The molecule has 0 aromatic rings. The molecule has 2 rings (SSSR count). The first-order chi connectivity index (χ1) is 8.25. The molecule has 0 saturated heterocycles. The van der Waals surface area contributed by atoms with E-state index in [0.717, 1.165) is 11.1 Å². The van der Waals surface area contributed by atoms with E-state index in [4.69, 9.17) is 0 Å². The summed E-state index contributed by atoms with van der Waals surface area (Å²) in [7, 11) is 0. The van der Waals surface area contributed by atoms with Gasteiger partial charge in [-0.3, -0.25) is 0 Å². The fraction of sp³-hybridized carbons (Fsp3) is 0.733. The van der Waals surface area contributed by atoms with Gasteiger partial charge >= 0.3 is 0 Å². The van der Waals surface area contributed by atoms with E-state index in [1.807, 2.05) is 19.9 Å². The Balaban J connectivity index is 2.38. The van der Waals surface area contributed by atoms with Gasteiger partial charge in [0.1, 0.15) is 0 Å². The summed E-state index contributed by atoms with van der Waals surface area (Å²) in [6.45, 7) is 9.55. The number of hydrogen-bond acceptors (Lipinski definition) is 3. The summed E-state index contributed by atoms with van der Waals surface area (Å²) in [4.78, 5) is 0. The predicted octanol–water partition coefficient (Wildman–Crippen LogP) is 1.64. The van der Waals surface area contributed by atoms with Crippen LogP contribution in [0.2, 0.25) is 0 Å². The molecule has 1 fully saturated rings. The minimum Gasteiger partial charge on any atom is -0.390 e. The second-order valence-electron chi connectivity index (χ2n) is 6.28. The number of allylic oxidation sites excluding steroid dienone is 1. The summed E-state index contributed by atoms with van der Waals surface area (Å²) in [5.41, 5.74) is 0.940. The first-order valence-electron chi connectivity index (χ1n) is 6.67. The van der Waals surface area contributed by atoms with Crippen LogP contribution in [0.1, 0.15) is 33.6 Å². The van der Waals surface area contributed by atoms with Crippen LogP contribution in [0, 0.1) is 17.8 Å². The maximum absolute atomic E-state index is 10.5. The molecule has 0 radical (unpaired) electrons. The third-order valence-electron chi connectivity index (χ3n) is 4.96. The van der Waals surface area contributed by atoms with Crippen molar-refractivity contribution < 1.29 is 15.3 Å². The van der Waals surface area contributed by atoms with E-state index in [-0.39, 0.29) is 17.8 Å². The van der Waals surface area contributed by atoms with Crippen LogP contribution >= 0.6 is 0 Å². The van der Waals surface area contributed by atoms with Gasteiger partial charge in [-0.15, -0.1) is 0 Å². The molecule has 3 nitrogen and oxygen atoms in total. The quantitative estimate of drug-likeness (QED) is 0.622. The van der Waals surface area contributed by atoms with Crippen LogP contribution < -0.4 is 0 Å². The minimum absolute atomic E-state index is 0.0115. The van der Waals surface area contributed by atoms with Gasteiger partial charge in [-0.2, -0.15) is 0 Å². The van der Waals surface area contributed by atoms with Crippen LogP contribution in [0.25, 0.3) is 0 Å². The molecule has 102 valence electrons. The van der Waals surface area contributed by atoms with Gasteiger partial charge in [-0.25, -0.2) is 0 Å². The summed E-state index contributed by atoms with van der Waals surface area (Å²) in [6.07, 6.45) is 1.92. The Kier molecular flexibility index (Phi) is 3.43. The normalized spacial score (nSPS) is 48.3. The Morgan fingerprint density at radius 2 is 2.00 bits per heavy atom. The van der Waals surface area contributed by atoms with Crippen molar-refractivity contribution in [2.24, 2.45) is 17.8 Å². The zero-order valence-electron chi connectivity index (χ0n) is 11.4. The van der Waals surface area contributed by atoms with Gasteiger partial charge in [0.25, 0.3) is 0 Å². The summed E-state index contributed by atoms with van der Waals surface area (Å²) in [5.74, 6) is 0.114. The van der Waals surface area contributed by atoms with E-state index in [2.05, 4.69) is 6.58 Å². The highest BCUT2D eigenvalue weighted by Crippen LogP contribution is 2.49. The van der Waals surface area contributed by atoms with E-state index in [1.165, 1.54) is 0 Å². The van der Waals surface area contributed by atoms with Crippen molar-refractivity contribution in [2.75, 3.05) is 0 Å². The number of hydrogen-bond donors (Lipinski definition) is 3. The van der Waals surface area contributed by atoms with E-state index in [0.29, 0.717) is 12.8 Å². The fourth-order valence-corrected chi connectivity index (χ4v) is 3.62. The van der Waals surface area contributed by atoms with Crippen molar-refractivity contribution in [3.8, 4) is 0 Å². The number of fused-ring (bicyclic) bond motifs is 1. The third-order valence-corrected chi connectivity index (χ3v) is 4.96. The van der Waals surface area contributed by atoms with Gasteiger partial charge in [-0.05, 0) is 45.4 Å². The topological polar surface area (TPSA) is 60.7 Å². The molecule has 0 amide bonds. The molecule has 0 spiro atoms. The molecule has 0 heterocycles. The smallest absolute Gasteiger partial charge is 0.0911 e. The van der Waals surface area contributed by atoms with Crippen molar-refractivity contribution in [1.82, 2.24) is 0 Å². The van der Waals surface area contributed by atoms with Gasteiger partial charge in [0.2, 0.25) is 0 Å². The summed E-state index contributed by atoms with van der Waals surface area (Å²) in [5, 5.41) is 30.7. The minimum atomic E-state index is -1.07. The van der Waals surface area contributed by atoms with Crippen molar-refractivity contribution in [1.29, 1.82) is 0 Å². The van der Waals surface area contributed by atoms with E-state index in [9.17, 15) is 15.3 Å². The number of rotatable bonds is 1. The lowest BCUT2D eigenvalue weighted by atomic mass is 9.77. The molecule has 18 heavy (non-hydrogen) atoms. The van der Waals surface area contributed by atoms with Gasteiger partial charge in [0.15, 0.2) is 0 Å². The summed E-state index contributed by atoms with van der Waals surface area (Å²) >= 11 is 0. The van der Waals surface area contributed by atoms with Crippen molar-refractivity contribution in [3.63, 3.8) is 0 Å². The molecule has 3 N–H and O–H groups in total. The Hall–Kier alpha value is -0.640. The molecular formula is C15H24O3. The molecular weight excluding hydrogens is 228 g/mol. The Morgan fingerprint density at radius 3 is 2.56 bits per heavy atom. The fourth-order valence-electron chi connectivity index (χ4n) is 3.62.